The van der Waals surface area contributed by atoms with Gasteiger partial charge in [0.1, 0.15) is 12.7 Å². The lowest BCUT2D eigenvalue weighted by atomic mass is 10.0. The molecule has 0 amide bonds. The van der Waals surface area contributed by atoms with E-state index in [4.69, 9.17) is 19.1 Å². The van der Waals surface area contributed by atoms with E-state index < -0.39 is 51.8 Å². The van der Waals surface area contributed by atoms with Crippen molar-refractivity contribution in [3.05, 3.63) is 36.5 Å². The third-order valence-corrected chi connectivity index (χ3v) is 9.76. The molecule has 0 fully saturated rings. The molecule has 0 saturated carbocycles. The van der Waals surface area contributed by atoms with Gasteiger partial charge in [-0.05, 0) is 44.9 Å². The standard InChI is InChI=1S/C42H77O10P/c1-3-5-7-9-11-13-15-17-19-21-23-25-27-29-31-33-41(45)49-37-40(38-51-53(47,48)50-36-39(44)35-43)52-42(46)34-32-30-28-26-24-22-20-18-16-14-12-10-8-6-4-2/h6,8,12,14,18,20,39-40,43-44H,3-5,7,9-11,13,15-17,19,21-38H2,1-2H3,(H,47,48)/b8-6-,14-12-,20-18-/t39-,40+/m0/s1. The molecule has 10 nitrogen and oxygen atoms in total. The highest BCUT2D eigenvalue weighted by atomic mass is 31.2. The van der Waals surface area contributed by atoms with Crippen molar-refractivity contribution in [2.24, 2.45) is 0 Å². The number of rotatable bonds is 39. The summed E-state index contributed by atoms with van der Waals surface area (Å²) in [6, 6.07) is 0. The van der Waals surface area contributed by atoms with E-state index in [1.807, 2.05) is 0 Å². The van der Waals surface area contributed by atoms with Gasteiger partial charge in [-0.1, -0.05) is 159 Å². The van der Waals surface area contributed by atoms with Crippen LogP contribution in [0, 0.1) is 0 Å². The van der Waals surface area contributed by atoms with Crippen LogP contribution in [-0.2, 0) is 32.7 Å². The molecule has 0 saturated heterocycles. The first-order valence-electron chi connectivity index (χ1n) is 20.9. The Bertz CT molecular complexity index is 983. The molecule has 0 spiro atoms. The van der Waals surface area contributed by atoms with Crippen LogP contribution in [0.25, 0.3) is 0 Å². The lowest BCUT2D eigenvalue weighted by Crippen LogP contribution is -2.29. The zero-order chi connectivity index (χ0) is 39.1. The molecular weight excluding hydrogens is 695 g/mol. The quantitative estimate of drug-likeness (QED) is 0.0238. The predicted molar refractivity (Wildman–Crippen MR) is 214 cm³/mol. The molecule has 1 unspecified atom stereocenters. The summed E-state index contributed by atoms with van der Waals surface area (Å²) in [6.45, 7) is 2.25. The molecule has 3 N–H and O–H groups in total. The van der Waals surface area contributed by atoms with Gasteiger partial charge in [0.15, 0.2) is 6.10 Å². The molecule has 310 valence electrons. The average molecular weight is 773 g/mol. The minimum atomic E-state index is -4.62. The number of carbonyl (C=O) groups excluding carboxylic acids is 2. The number of carbonyl (C=O) groups is 2. The van der Waals surface area contributed by atoms with Crippen LogP contribution in [0.3, 0.4) is 0 Å². The van der Waals surface area contributed by atoms with Crippen LogP contribution < -0.4 is 0 Å². The highest BCUT2D eigenvalue weighted by Gasteiger charge is 2.27. The van der Waals surface area contributed by atoms with Crippen molar-refractivity contribution in [1.29, 1.82) is 0 Å². The summed E-state index contributed by atoms with van der Waals surface area (Å²) in [4.78, 5) is 34.9. The topological polar surface area (TPSA) is 149 Å². The summed E-state index contributed by atoms with van der Waals surface area (Å²) >= 11 is 0. The van der Waals surface area contributed by atoms with E-state index >= 15 is 0 Å². The summed E-state index contributed by atoms with van der Waals surface area (Å²) in [5.41, 5.74) is 0. The SMILES string of the molecule is CC/C=C\C/C=C\C/C=C\CCCCCCCC(=O)O[C@H](COC(=O)CCCCCCCCCCCCCCCCC)COP(=O)(O)OC[C@@H](O)CO. The number of ether oxygens (including phenoxy) is 2. The van der Waals surface area contributed by atoms with Crippen LogP contribution in [0.1, 0.15) is 181 Å². The summed E-state index contributed by atoms with van der Waals surface area (Å²) in [5, 5.41) is 18.3. The molecule has 0 aromatic carbocycles. The second-order valence-electron chi connectivity index (χ2n) is 14.0. The second-order valence-corrected chi connectivity index (χ2v) is 15.4. The minimum absolute atomic E-state index is 0.166. The van der Waals surface area contributed by atoms with Crippen LogP contribution in [0.15, 0.2) is 36.5 Å². The number of unbranched alkanes of at least 4 members (excludes halogenated alkanes) is 19. The number of aliphatic hydroxyl groups excluding tert-OH is 2. The first-order valence-corrected chi connectivity index (χ1v) is 22.4. The van der Waals surface area contributed by atoms with Gasteiger partial charge in [0, 0.05) is 12.8 Å². The van der Waals surface area contributed by atoms with Gasteiger partial charge in [-0.15, -0.1) is 0 Å². The summed E-state index contributed by atoms with van der Waals surface area (Å²) < 4.78 is 32.7. The third-order valence-electron chi connectivity index (χ3n) is 8.81. The maximum Gasteiger partial charge on any atom is 0.472 e. The van der Waals surface area contributed by atoms with Crippen molar-refractivity contribution in [3.8, 4) is 0 Å². The fraction of sp³-hybridized carbons (Fsp3) is 0.810. The van der Waals surface area contributed by atoms with Gasteiger partial charge in [0.2, 0.25) is 0 Å². The molecule has 0 aromatic rings. The Kier molecular flexibility index (Phi) is 37.2. The van der Waals surface area contributed by atoms with Crippen LogP contribution in [0.4, 0.5) is 0 Å². The van der Waals surface area contributed by atoms with Crippen LogP contribution in [0.2, 0.25) is 0 Å². The van der Waals surface area contributed by atoms with Gasteiger partial charge >= 0.3 is 19.8 Å². The Morgan fingerprint density at radius 1 is 0.585 bits per heavy atom. The molecule has 0 aliphatic heterocycles. The maximum absolute atomic E-state index is 12.6. The van der Waals surface area contributed by atoms with Gasteiger partial charge in [0.05, 0.1) is 19.8 Å². The maximum atomic E-state index is 12.6. The number of esters is 2. The fourth-order valence-corrected chi connectivity index (χ4v) is 6.39. The largest absolute Gasteiger partial charge is 0.472 e. The molecule has 0 bridgehead atoms. The van der Waals surface area contributed by atoms with E-state index in [0.717, 1.165) is 70.6 Å². The number of phosphoric ester groups is 1. The van der Waals surface area contributed by atoms with Crippen molar-refractivity contribution in [2.75, 3.05) is 26.4 Å². The zero-order valence-corrected chi connectivity index (χ0v) is 34.4. The van der Waals surface area contributed by atoms with Crippen LogP contribution in [0.5, 0.6) is 0 Å². The molecule has 0 aliphatic rings. The monoisotopic (exact) mass is 773 g/mol. The third kappa shape index (κ3) is 38.3. The van der Waals surface area contributed by atoms with Crippen molar-refractivity contribution >= 4 is 19.8 Å². The predicted octanol–water partition coefficient (Wildman–Crippen LogP) is 10.8. The van der Waals surface area contributed by atoms with E-state index in [9.17, 15) is 24.2 Å². The first kappa shape index (κ1) is 51.2. The van der Waals surface area contributed by atoms with Gasteiger partial charge in [-0.25, -0.2) is 4.57 Å². The number of aliphatic hydroxyl groups is 2. The molecule has 11 heteroatoms. The second kappa shape index (κ2) is 38.5. The minimum Gasteiger partial charge on any atom is -0.462 e. The molecule has 53 heavy (non-hydrogen) atoms. The van der Waals surface area contributed by atoms with Gasteiger partial charge in [-0.2, -0.15) is 0 Å². The molecule has 3 atom stereocenters. The van der Waals surface area contributed by atoms with Gasteiger partial charge < -0.3 is 24.6 Å². The number of hydrogen-bond donors (Lipinski definition) is 3. The van der Waals surface area contributed by atoms with E-state index in [0.29, 0.717) is 12.8 Å². The normalized spacial score (nSPS) is 14.3. The average Bonchev–Trinajstić information content (AvgIpc) is 3.14. The molecule has 0 aliphatic carbocycles. The Morgan fingerprint density at radius 2 is 1.04 bits per heavy atom. The van der Waals surface area contributed by atoms with E-state index in [2.05, 4.69) is 54.8 Å². The lowest BCUT2D eigenvalue weighted by molar-refractivity contribution is -0.161. The molecule has 0 radical (unpaired) electrons. The van der Waals surface area contributed by atoms with Crippen molar-refractivity contribution in [2.45, 2.75) is 193 Å². The smallest absolute Gasteiger partial charge is 0.462 e. The Balaban J connectivity index is 4.33. The number of allylic oxidation sites excluding steroid dienone is 6. The van der Waals surface area contributed by atoms with E-state index in [1.165, 1.54) is 70.6 Å². The lowest BCUT2D eigenvalue weighted by Gasteiger charge is -2.20. The van der Waals surface area contributed by atoms with Crippen molar-refractivity contribution in [1.82, 2.24) is 0 Å². The fourth-order valence-electron chi connectivity index (χ4n) is 5.60. The Hall–Kier alpha value is -1.81. The number of phosphoric acid groups is 1. The first-order chi connectivity index (χ1) is 25.7. The van der Waals surface area contributed by atoms with Crippen molar-refractivity contribution in [3.63, 3.8) is 0 Å². The molecule has 0 heterocycles. The van der Waals surface area contributed by atoms with E-state index in [-0.39, 0.29) is 19.4 Å². The number of hydrogen-bond acceptors (Lipinski definition) is 9. The summed E-state index contributed by atoms with van der Waals surface area (Å²) in [6.07, 6.45) is 38.2. The molecule has 0 aromatic heterocycles. The Morgan fingerprint density at radius 3 is 1.57 bits per heavy atom. The zero-order valence-electron chi connectivity index (χ0n) is 33.5. The Labute approximate surface area is 322 Å². The molecule has 0 rings (SSSR count). The van der Waals surface area contributed by atoms with Gasteiger partial charge in [-0.3, -0.25) is 18.6 Å². The van der Waals surface area contributed by atoms with Crippen LogP contribution in [-0.4, -0.2) is 65.7 Å². The van der Waals surface area contributed by atoms with E-state index in [1.54, 1.807) is 0 Å². The molecular formula is C42H77O10P. The van der Waals surface area contributed by atoms with Crippen LogP contribution >= 0.6 is 7.82 Å². The van der Waals surface area contributed by atoms with Gasteiger partial charge in [0.25, 0.3) is 0 Å². The highest BCUT2D eigenvalue weighted by molar-refractivity contribution is 7.47. The highest BCUT2D eigenvalue weighted by Crippen LogP contribution is 2.43. The summed E-state index contributed by atoms with van der Waals surface area (Å²) in [5.74, 6) is -0.941. The summed E-state index contributed by atoms with van der Waals surface area (Å²) in [7, 11) is -4.62. The van der Waals surface area contributed by atoms with Crippen molar-refractivity contribution < 1.29 is 47.8 Å².